The van der Waals surface area contributed by atoms with E-state index in [2.05, 4.69) is 55.5 Å². The van der Waals surface area contributed by atoms with Crippen molar-refractivity contribution in [3.05, 3.63) is 54.1 Å². The third-order valence-electron chi connectivity index (χ3n) is 2.78. The van der Waals surface area contributed by atoms with Crippen LogP contribution in [0.5, 0.6) is 0 Å². The molecule has 0 radical (unpaired) electrons. The van der Waals surface area contributed by atoms with Crippen LogP contribution in [0.25, 0.3) is 5.57 Å². The topological polar surface area (TPSA) is 0 Å². The molecule has 72 valence electrons. The SMILES string of the molecule is CCC1C=C(c2ccccc2)C=CC1. The van der Waals surface area contributed by atoms with Gasteiger partial charge in [0, 0.05) is 0 Å². The minimum absolute atomic E-state index is 0.732. The van der Waals surface area contributed by atoms with Gasteiger partial charge in [0.05, 0.1) is 0 Å². The molecule has 0 saturated carbocycles. The van der Waals surface area contributed by atoms with E-state index in [4.69, 9.17) is 0 Å². The fourth-order valence-corrected chi connectivity index (χ4v) is 1.85. The van der Waals surface area contributed by atoms with Gasteiger partial charge in [0.15, 0.2) is 0 Å². The fraction of sp³-hybridized carbons (Fsp3) is 0.286. The zero-order valence-corrected chi connectivity index (χ0v) is 8.61. The maximum absolute atomic E-state index is 2.40. The van der Waals surface area contributed by atoms with E-state index in [9.17, 15) is 0 Å². The summed E-state index contributed by atoms with van der Waals surface area (Å²) >= 11 is 0. The van der Waals surface area contributed by atoms with Crippen LogP contribution >= 0.6 is 0 Å². The van der Waals surface area contributed by atoms with Crippen molar-refractivity contribution in [1.82, 2.24) is 0 Å². The van der Waals surface area contributed by atoms with Crippen LogP contribution in [-0.4, -0.2) is 0 Å². The van der Waals surface area contributed by atoms with Crippen molar-refractivity contribution in [3.8, 4) is 0 Å². The summed E-state index contributed by atoms with van der Waals surface area (Å²) in [4.78, 5) is 0. The van der Waals surface area contributed by atoms with Crippen LogP contribution in [-0.2, 0) is 0 Å². The van der Waals surface area contributed by atoms with Gasteiger partial charge in [-0.15, -0.1) is 0 Å². The lowest BCUT2D eigenvalue weighted by atomic mass is 9.91. The predicted molar refractivity (Wildman–Crippen MR) is 62.0 cm³/mol. The summed E-state index contributed by atoms with van der Waals surface area (Å²) in [6.45, 7) is 2.25. The lowest BCUT2D eigenvalue weighted by Crippen LogP contribution is -1.98. The average Bonchev–Trinajstić information content (AvgIpc) is 2.30. The first-order valence-electron chi connectivity index (χ1n) is 5.34. The first-order valence-corrected chi connectivity index (χ1v) is 5.34. The van der Waals surface area contributed by atoms with Gasteiger partial charge < -0.3 is 0 Å². The van der Waals surface area contributed by atoms with Crippen LogP contribution in [0.4, 0.5) is 0 Å². The average molecular weight is 184 g/mol. The number of rotatable bonds is 2. The van der Waals surface area contributed by atoms with Gasteiger partial charge in [-0.05, 0) is 29.9 Å². The second kappa shape index (κ2) is 4.28. The molecule has 1 aromatic rings. The highest BCUT2D eigenvalue weighted by Crippen LogP contribution is 2.25. The number of hydrogen-bond donors (Lipinski definition) is 0. The van der Waals surface area contributed by atoms with Gasteiger partial charge in [-0.25, -0.2) is 0 Å². The minimum atomic E-state index is 0.732. The molecule has 0 heterocycles. The molecule has 1 aromatic carbocycles. The molecule has 1 aliphatic carbocycles. The fourth-order valence-electron chi connectivity index (χ4n) is 1.85. The van der Waals surface area contributed by atoms with E-state index in [0.717, 1.165) is 5.92 Å². The van der Waals surface area contributed by atoms with E-state index < -0.39 is 0 Å². The minimum Gasteiger partial charge on any atom is -0.0833 e. The van der Waals surface area contributed by atoms with E-state index >= 15 is 0 Å². The van der Waals surface area contributed by atoms with Crippen LogP contribution in [0.2, 0.25) is 0 Å². The quantitative estimate of drug-likeness (QED) is 0.650. The Labute approximate surface area is 86.0 Å². The van der Waals surface area contributed by atoms with Gasteiger partial charge in [-0.2, -0.15) is 0 Å². The Morgan fingerprint density at radius 2 is 2.00 bits per heavy atom. The Kier molecular flexibility index (Phi) is 2.83. The molecule has 0 aromatic heterocycles. The summed E-state index contributed by atoms with van der Waals surface area (Å²) in [6.07, 6.45) is 9.36. The van der Waals surface area contributed by atoms with Gasteiger partial charge >= 0.3 is 0 Å². The lowest BCUT2D eigenvalue weighted by Gasteiger charge is -2.14. The highest BCUT2D eigenvalue weighted by Gasteiger charge is 2.07. The largest absolute Gasteiger partial charge is 0.0833 e. The van der Waals surface area contributed by atoms with E-state index in [1.54, 1.807) is 0 Å². The van der Waals surface area contributed by atoms with E-state index in [0.29, 0.717) is 0 Å². The van der Waals surface area contributed by atoms with Gasteiger partial charge in [0.25, 0.3) is 0 Å². The van der Waals surface area contributed by atoms with Crippen LogP contribution in [0.3, 0.4) is 0 Å². The molecule has 0 saturated heterocycles. The normalized spacial score (nSPS) is 20.6. The zero-order valence-electron chi connectivity index (χ0n) is 8.61. The van der Waals surface area contributed by atoms with Crippen molar-refractivity contribution in [2.75, 3.05) is 0 Å². The van der Waals surface area contributed by atoms with Crippen LogP contribution in [0, 0.1) is 5.92 Å². The Morgan fingerprint density at radius 1 is 1.21 bits per heavy atom. The third-order valence-corrected chi connectivity index (χ3v) is 2.78. The number of benzene rings is 1. The Bertz CT molecular complexity index is 344. The molecule has 0 fully saturated rings. The standard InChI is InChI=1S/C14H16/c1-2-12-7-6-10-14(11-12)13-8-4-3-5-9-13/h3-6,8-12H,2,7H2,1H3. The van der Waals surface area contributed by atoms with E-state index in [-0.39, 0.29) is 0 Å². The van der Waals surface area contributed by atoms with Gasteiger partial charge in [0.2, 0.25) is 0 Å². The summed E-state index contributed by atoms with van der Waals surface area (Å²) in [5.41, 5.74) is 2.71. The molecular formula is C14H16. The first kappa shape index (κ1) is 9.26. The number of allylic oxidation sites excluding steroid dienone is 4. The van der Waals surface area contributed by atoms with Crippen LogP contribution < -0.4 is 0 Å². The van der Waals surface area contributed by atoms with Crippen molar-refractivity contribution in [2.45, 2.75) is 19.8 Å². The Morgan fingerprint density at radius 3 is 2.71 bits per heavy atom. The molecule has 0 amide bonds. The van der Waals surface area contributed by atoms with Crippen molar-refractivity contribution in [2.24, 2.45) is 5.92 Å². The molecule has 0 spiro atoms. The molecule has 14 heavy (non-hydrogen) atoms. The maximum Gasteiger partial charge on any atom is -0.0187 e. The summed E-state index contributed by atoms with van der Waals surface area (Å²) in [5.74, 6) is 0.732. The summed E-state index contributed by atoms with van der Waals surface area (Å²) in [7, 11) is 0. The summed E-state index contributed by atoms with van der Waals surface area (Å²) < 4.78 is 0. The highest BCUT2D eigenvalue weighted by molar-refractivity contribution is 5.74. The molecule has 1 unspecified atom stereocenters. The second-order valence-electron chi connectivity index (χ2n) is 3.79. The first-order chi connectivity index (χ1) is 6.90. The Balaban J connectivity index is 2.26. The lowest BCUT2D eigenvalue weighted by molar-refractivity contribution is 0.635. The molecule has 0 heteroatoms. The molecule has 0 bridgehead atoms. The molecule has 0 nitrogen and oxygen atoms in total. The zero-order chi connectivity index (χ0) is 9.80. The molecule has 0 aliphatic heterocycles. The third kappa shape index (κ3) is 1.95. The van der Waals surface area contributed by atoms with Gasteiger partial charge in [-0.1, -0.05) is 55.5 Å². The van der Waals surface area contributed by atoms with Crippen LogP contribution in [0.15, 0.2) is 48.6 Å². The van der Waals surface area contributed by atoms with Crippen molar-refractivity contribution < 1.29 is 0 Å². The van der Waals surface area contributed by atoms with E-state index in [1.807, 2.05) is 0 Å². The predicted octanol–water partition coefficient (Wildman–Crippen LogP) is 4.06. The maximum atomic E-state index is 2.40. The van der Waals surface area contributed by atoms with Gasteiger partial charge in [-0.3, -0.25) is 0 Å². The molecule has 1 atom stereocenters. The highest BCUT2D eigenvalue weighted by atomic mass is 14.1. The number of hydrogen-bond acceptors (Lipinski definition) is 0. The van der Waals surface area contributed by atoms with Gasteiger partial charge in [0.1, 0.15) is 0 Å². The monoisotopic (exact) mass is 184 g/mol. The summed E-state index contributed by atoms with van der Waals surface area (Å²) in [6, 6.07) is 10.6. The summed E-state index contributed by atoms with van der Waals surface area (Å²) in [5, 5.41) is 0. The molecule has 0 N–H and O–H groups in total. The Hall–Kier alpha value is -1.30. The van der Waals surface area contributed by atoms with Crippen LogP contribution in [0.1, 0.15) is 25.3 Å². The molecular weight excluding hydrogens is 168 g/mol. The van der Waals surface area contributed by atoms with E-state index in [1.165, 1.54) is 24.0 Å². The second-order valence-corrected chi connectivity index (χ2v) is 3.79. The molecule has 2 rings (SSSR count). The molecule has 1 aliphatic rings. The smallest absolute Gasteiger partial charge is 0.0187 e. The van der Waals surface area contributed by atoms with Crippen molar-refractivity contribution in [3.63, 3.8) is 0 Å². The van der Waals surface area contributed by atoms with Crippen molar-refractivity contribution in [1.29, 1.82) is 0 Å². The van der Waals surface area contributed by atoms with Crippen molar-refractivity contribution >= 4 is 5.57 Å².